The Morgan fingerprint density at radius 1 is 0.610 bits per heavy atom. The van der Waals surface area contributed by atoms with E-state index in [0.717, 1.165) is 38.0 Å². The van der Waals surface area contributed by atoms with Crippen molar-refractivity contribution in [2.24, 2.45) is 5.92 Å². The van der Waals surface area contributed by atoms with Gasteiger partial charge in [0.2, 0.25) is 0 Å². The highest BCUT2D eigenvalue weighted by atomic mass is 31.2. The Bertz CT molecular complexity index is 1370. The van der Waals surface area contributed by atoms with Crippen LogP contribution in [0.3, 0.4) is 0 Å². The Balaban J connectivity index is 4.75. The van der Waals surface area contributed by atoms with Crippen molar-refractivity contribution in [1.82, 2.24) is 0 Å². The van der Waals surface area contributed by atoms with Gasteiger partial charge in [-0.3, -0.25) is 23.2 Å². The molecular formula is C42H72O15P2. The second-order valence-corrected chi connectivity index (χ2v) is 17.1. The zero-order valence-electron chi connectivity index (χ0n) is 35.2. The molecule has 0 amide bonds. The van der Waals surface area contributed by atoms with Crippen LogP contribution in [-0.2, 0) is 41.8 Å². The highest BCUT2D eigenvalue weighted by Crippen LogP contribution is 2.43. The van der Waals surface area contributed by atoms with Gasteiger partial charge in [-0.2, -0.15) is 0 Å². The van der Waals surface area contributed by atoms with Crippen molar-refractivity contribution in [3.05, 3.63) is 72.9 Å². The minimum Gasteiger partial charge on any atom is -0.462 e. The maximum Gasteiger partial charge on any atom is 0.472 e. The number of aliphatic hydroxyl groups excluding tert-OH is 3. The van der Waals surface area contributed by atoms with Crippen LogP contribution < -0.4 is 0 Å². The van der Waals surface area contributed by atoms with Gasteiger partial charge in [-0.1, -0.05) is 145 Å². The largest absolute Gasteiger partial charge is 0.472 e. The number of phosphoric acid groups is 2. The first-order valence-electron chi connectivity index (χ1n) is 20.7. The van der Waals surface area contributed by atoms with Crippen LogP contribution in [0.4, 0.5) is 0 Å². The summed E-state index contributed by atoms with van der Waals surface area (Å²) in [6.07, 6.45) is 30.1. The molecule has 5 atom stereocenters. The third-order valence-electron chi connectivity index (χ3n) is 8.21. The van der Waals surface area contributed by atoms with Gasteiger partial charge in [0.05, 0.1) is 32.0 Å². The van der Waals surface area contributed by atoms with Gasteiger partial charge in [0.25, 0.3) is 0 Å². The molecule has 0 rings (SSSR count). The molecular weight excluding hydrogens is 806 g/mol. The molecule has 0 aromatic rings. The smallest absolute Gasteiger partial charge is 0.462 e. The molecule has 59 heavy (non-hydrogen) atoms. The molecule has 0 radical (unpaired) electrons. The summed E-state index contributed by atoms with van der Waals surface area (Å²) >= 11 is 0. The summed E-state index contributed by atoms with van der Waals surface area (Å²) in [6.45, 7) is 3.59. The predicted octanol–water partition coefficient (Wildman–Crippen LogP) is 8.02. The SMILES string of the molecule is CC/C=C\C[C@@H](O)/C=C/C=C\C=C\[C@@H](O)C/C=C\C/C=C\CCC(=O)OC[C@H](COP(=O)(O)OC[C@@H](O)COP(=O)(O)O)OC(=O)CCCCCCCCCCC(C)C. The topological polar surface area (TPSA) is 236 Å². The number of ether oxygens (including phenoxy) is 2. The fourth-order valence-corrected chi connectivity index (χ4v) is 6.18. The molecule has 15 nitrogen and oxygen atoms in total. The molecule has 1 unspecified atom stereocenters. The summed E-state index contributed by atoms with van der Waals surface area (Å²) in [5.74, 6) is -0.488. The molecule has 0 heterocycles. The van der Waals surface area contributed by atoms with Crippen molar-refractivity contribution >= 4 is 27.6 Å². The molecule has 0 aliphatic rings. The van der Waals surface area contributed by atoms with E-state index in [1.807, 2.05) is 37.3 Å². The molecule has 0 fully saturated rings. The highest BCUT2D eigenvalue weighted by Gasteiger charge is 2.28. The number of allylic oxidation sites excluding steroid dienone is 8. The van der Waals surface area contributed by atoms with E-state index in [-0.39, 0.29) is 12.8 Å². The van der Waals surface area contributed by atoms with E-state index in [0.29, 0.717) is 32.1 Å². The van der Waals surface area contributed by atoms with Gasteiger partial charge < -0.3 is 39.5 Å². The predicted molar refractivity (Wildman–Crippen MR) is 228 cm³/mol. The van der Waals surface area contributed by atoms with E-state index in [1.54, 1.807) is 42.5 Å². The van der Waals surface area contributed by atoms with E-state index in [4.69, 9.17) is 23.8 Å². The Kier molecular flexibility index (Phi) is 34.6. The van der Waals surface area contributed by atoms with E-state index in [1.165, 1.54) is 25.7 Å². The van der Waals surface area contributed by atoms with Gasteiger partial charge in [0.1, 0.15) is 12.7 Å². The van der Waals surface area contributed by atoms with E-state index in [9.17, 15) is 38.9 Å². The first kappa shape index (κ1) is 56.5. The van der Waals surface area contributed by atoms with Crippen molar-refractivity contribution in [1.29, 1.82) is 0 Å². The number of unbranched alkanes of at least 4 members (excludes halogenated alkanes) is 7. The van der Waals surface area contributed by atoms with Gasteiger partial charge in [0, 0.05) is 12.8 Å². The third kappa shape index (κ3) is 40.6. The molecule has 0 aromatic carbocycles. The Morgan fingerprint density at radius 2 is 1.15 bits per heavy atom. The van der Waals surface area contributed by atoms with Crippen LogP contribution in [0.5, 0.6) is 0 Å². The highest BCUT2D eigenvalue weighted by molar-refractivity contribution is 7.47. The molecule has 0 aliphatic heterocycles. The van der Waals surface area contributed by atoms with Gasteiger partial charge in [-0.15, -0.1) is 0 Å². The van der Waals surface area contributed by atoms with Crippen molar-refractivity contribution in [3.63, 3.8) is 0 Å². The van der Waals surface area contributed by atoms with Crippen LogP contribution in [0, 0.1) is 5.92 Å². The third-order valence-corrected chi connectivity index (χ3v) is 9.64. The minimum atomic E-state index is -4.88. The molecule has 340 valence electrons. The number of aliphatic hydroxyl groups is 3. The van der Waals surface area contributed by atoms with Crippen LogP contribution in [0.2, 0.25) is 0 Å². The lowest BCUT2D eigenvalue weighted by Gasteiger charge is -2.20. The van der Waals surface area contributed by atoms with Gasteiger partial charge in [-0.05, 0) is 44.4 Å². The molecule has 0 bridgehead atoms. The number of esters is 2. The standard InChI is InChI=1S/C42H72O15P2/c1-4-5-18-26-37(43)28-21-16-17-22-29-38(44)27-20-13-10-11-14-23-30-41(46)53-34-40(35-56-59(51,52)55-33-39(45)32-54-58(48,49)50)57-42(47)31-24-15-9-7-6-8-12-19-25-36(2)3/h5,11,13-14,16-18,20-22,28-29,36-40,43-45H,4,6-10,12,15,19,23-27,30-35H2,1-3H3,(H,51,52)(H2,48,49,50)/b14-11-,17-16-,18-5-,20-13-,28-21+,29-22+/t37-,38+,39+,40-/m1/s1. The Morgan fingerprint density at radius 3 is 1.75 bits per heavy atom. The number of phosphoric ester groups is 2. The molecule has 0 saturated heterocycles. The van der Waals surface area contributed by atoms with Crippen molar-refractivity contribution in [2.75, 3.05) is 26.4 Å². The fraction of sp³-hybridized carbons (Fsp3) is 0.667. The van der Waals surface area contributed by atoms with Gasteiger partial charge >= 0.3 is 27.6 Å². The van der Waals surface area contributed by atoms with Crippen LogP contribution >= 0.6 is 15.6 Å². The fourth-order valence-electron chi connectivity index (χ4n) is 5.03. The summed E-state index contributed by atoms with van der Waals surface area (Å²) in [4.78, 5) is 52.5. The first-order valence-corrected chi connectivity index (χ1v) is 23.7. The van der Waals surface area contributed by atoms with E-state index >= 15 is 0 Å². The van der Waals surface area contributed by atoms with Crippen molar-refractivity contribution in [3.8, 4) is 0 Å². The molecule has 17 heteroatoms. The van der Waals surface area contributed by atoms with E-state index in [2.05, 4.69) is 22.9 Å². The van der Waals surface area contributed by atoms with Gasteiger partial charge in [-0.25, -0.2) is 9.13 Å². The molecule has 0 saturated carbocycles. The summed E-state index contributed by atoms with van der Waals surface area (Å²) in [7, 11) is -9.73. The van der Waals surface area contributed by atoms with E-state index < -0.39 is 78.4 Å². The van der Waals surface area contributed by atoms with Crippen LogP contribution in [0.15, 0.2) is 72.9 Å². The van der Waals surface area contributed by atoms with Crippen molar-refractivity contribution < 1.29 is 71.8 Å². The number of rotatable bonds is 37. The molecule has 0 spiro atoms. The van der Waals surface area contributed by atoms with Crippen LogP contribution in [0.1, 0.15) is 124 Å². The first-order chi connectivity index (χ1) is 28.0. The summed E-state index contributed by atoms with van der Waals surface area (Å²) in [6, 6.07) is 0. The number of carbonyl (C=O) groups is 2. The van der Waals surface area contributed by atoms with Gasteiger partial charge in [0.15, 0.2) is 6.10 Å². The van der Waals surface area contributed by atoms with Crippen LogP contribution in [-0.4, -0.2) is 92.8 Å². The number of hydrogen-bond donors (Lipinski definition) is 6. The average molecular weight is 879 g/mol. The lowest BCUT2D eigenvalue weighted by molar-refractivity contribution is -0.161. The average Bonchev–Trinajstić information content (AvgIpc) is 3.17. The second kappa shape index (κ2) is 36.2. The summed E-state index contributed by atoms with van der Waals surface area (Å²) < 4.78 is 47.5. The minimum absolute atomic E-state index is 0.0106. The molecule has 0 aromatic heterocycles. The second-order valence-electron chi connectivity index (χ2n) is 14.4. The Hall–Kier alpha value is -2.52. The monoisotopic (exact) mass is 878 g/mol. The maximum absolute atomic E-state index is 12.6. The number of carbonyl (C=O) groups excluding carboxylic acids is 2. The quantitative estimate of drug-likeness (QED) is 0.0114. The summed E-state index contributed by atoms with van der Waals surface area (Å²) in [5.41, 5.74) is 0. The lowest BCUT2D eigenvalue weighted by Crippen LogP contribution is -2.29. The molecule has 0 aliphatic carbocycles. The molecule has 6 N–H and O–H groups in total. The van der Waals surface area contributed by atoms with Crippen LogP contribution in [0.25, 0.3) is 0 Å². The summed E-state index contributed by atoms with van der Waals surface area (Å²) in [5, 5.41) is 29.7. The Labute approximate surface area is 351 Å². The zero-order chi connectivity index (χ0) is 44.2. The lowest BCUT2D eigenvalue weighted by atomic mass is 10.0. The maximum atomic E-state index is 12.6. The number of hydrogen-bond acceptors (Lipinski definition) is 12. The normalized spacial score (nSPS) is 16.0. The zero-order valence-corrected chi connectivity index (χ0v) is 37.0. The van der Waals surface area contributed by atoms with Crippen molar-refractivity contribution in [2.45, 2.75) is 148 Å².